The first kappa shape index (κ1) is 37.5. The summed E-state index contributed by atoms with van der Waals surface area (Å²) >= 11 is 12.1. The molecular formula is C36H51Cl2N3O5. The molecule has 1 aliphatic carbocycles. The Hall–Kier alpha value is -2.97. The quantitative estimate of drug-likeness (QED) is 0.210. The highest BCUT2D eigenvalue weighted by molar-refractivity contribution is 6.18. The molecule has 0 aliphatic heterocycles. The van der Waals surface area contributed by atoms with E-state index in [2.05, 4.69) is 4.90 Å². The average Bonchev–Trinajstić information content (AvgIpc) is 3.50. The van der Waals surface area contributed by atoms with Gasteiger partial charge in [0.25, 0.3) is 0 Å². The van der Waals surface area contributed by atoms with Gasteiger partial charge in [0.1, 0.15) is 17.7 Å². The highest BCUT2D eigenvalue weighted by atomic mass is 35.5. The number of carbonyl (C=O) groups excluding carboxylic acids is 2. The van der Waals surface area contributed by atoms with Gasteiger partial charge in [0, 0.05) is 55.0 Å². The standard InChI is InChI=1S/C36H51Cl2N3O5/c1-35(2,3)41(34(45)46-36(4,5)6)30(24-27-16-18-28(19-17-27)39(22-20-37)23-21-38)32(42)40(29-14-10-11-15-29)31(33(43)44)25-26-12-8-7-9-13-26/h7-9,12-13,16-19,29-31H,10-11,14-15,20-25H2,1-6H3,(H,43,44)/t30-,31-/m0/s1. The van der Waals surface area contributed by atoms with Crippen molar-refractivity contribution in [3.63, 3.8) is 0 Å². The fourth-order valence-corrected chi connectivity index (χ4v) is 6.60. The van der Waals surface area contributed by atoms with Crippen LogP contribution in [0.25, 0.3) is 0 Å². The van der Waals surface area contributed by atoms with Crippen LogP contribution in [0.1, 0.15) is 78.4 Å². The second kappa shape index (κ2) is 16.7. The molecule has 10 heteroatoms. The minimum absolute atomic E-state index is 0.165. The summed E-state index contributed by atoms with van der Waals surface area (Å²) in [4.78, 5) is 47.1. The summed E-state index contributed by atoms with van der Waals surface area (Å²) in [5, 5.41) is 10.6. The topological polar surface area (TPSA) is 90.4 Å². The van der Waals surface area contributed by atoms with Crippen LogP contribution in [0.5, 0.6) is 0 Å². The minimum atomic E-state index is -1.09. The Labute approximate surface area is 285 Å². The van der Waals surface area contributed by atoms with Crippen LogP contribution in [0, 0.1) is 0 Å². The van der Waals surface area contributed by atoms with Gasteiger partial charge in [-0.1, -0.05) is 55.3 Å². The summed E-state index contributed by atoms with van der Waals surface area (Å²) < 4.78 is 5.88. The van der Waals surface area contributed by atoms with Gasteiger partial charge in [0.2, 0.25) is 5.91 Å². The Bertz CT molecular complexity index is 1270. The number of carboxylic acid groups (broad SMARTS) is 1. The van der Waals surface area contributed by atoms with Crippen molar-refractivity contribution in [2.45, 2.75) is 109 Å². The zero-order valence-corrected chi connectivity index (χ0v) is 29.7. The number of alkyl halides is 2. The van der Waals surface area contributed by atoms with Gasteiger partial charge in [0.05, 0.1) is 0 Å². The van der Waals surface area contributed by atoms with Crippen molar-refractivity contribution in [1.29, 1.82) is 0 Å². The fourth-order valence-electron chi connectivity index (χ4n) is 6.19. The van der Waals surface area contributed by atoms with Gasteiger partial charge >= 0.3 is 12.1 Å². The molecule has 1 aliphatic rings. The number of hydrogen-bond acceptors (Lipinski definition) is 5. The molecule has 0 aromatic heterocycles. The number of nitrogens with zero attached hydrogens (tertiary/aromatic N) is 3. The molecule has 2 aromatic rings. The number of hydrogen-bond donors (Lipinski definition) is 1. The van der Waals surface area contributed by atoms with Gasteiger partial charge in [0.15, 0.2) is 0 Å². The van der Waals surface area contributed by atoms with Gasteiger partial charge < -0.3 is 19.6 Å². The first-order valence-corrected chi connectivity index (χ1v) is 17.3. The molecule has 2 amide bonds. The summed E-state index contributed by atoms with van der Waals surface area (Å²) in [5.41, 5.74) is 0.995. The van der Waals surface area contributed by atoms with E-state index in [0.29, 0.717) is 37.7 Å². The molecule has 1 N–H and O–H groups in total. The van der Waals surface area contributed by atoms with Crippen molar-refractivity contribution in [2.24, 2.45) is 0 Å². The second-order valence-electron chi connectivity index (χ2n) is 14.0. The van der Waals surface area contributed by atoms with Gasteiger partial charge in [-0.3, -0.25) is 9.69 Å². The zero-order chi connectivity index (χ0) is 34.1. The Morgan fingerprint density at radius 1 is 0.826 bits per heavy atom. The maximum absolute atomic E-state index is 15.1. The van der Waals surface area contributed by atoms with E-state index in [0.717, 1.165) is 29.7 Å². The molecule has 0 spiro atoms. The summed E-state index contributed by atoms with van der Waals surface area (Å²) in [6, 6.07) is 14.8. The van der Waals surface area contributed by atoms with Crippen LogP contribution in [-0.2, 0) is 27.2 Å². The SMILES string of the molecule is CC(C)(C)OC(=O)N([C@@H](Cc1ccc(N(CCCl)CCCl)cc1)C(=O)N(C1CCCC1)[C@@H](Cc1ccccc1)C(=O)O)C(C)(C)C. The van der Waals surface area contributed by atoms with Crippen molar-refractivity contribution in [3.8, 4) is 0 Å². The number of benzene rings is 2. The van der Waals surface area contributed by atoms with Crippen LogP contribution >= 0.6 is 23.2 Å². The lowest BCUT2D eigenvalue weighted by atomic mass is 9.94. The lowest BCUT2D eigenvalue weighted by molar-refractivity contribution is -0.156. The van der Waals surface area contributed by atoms with Crippen molar-refractivity contribution >= 4 is 46.9 Å². The lowest BCUT2D eigenvalue weighted by Gasteiger charge is -2.45. The Kier molecular flexibility index (Phi) is 13.6. The zero-order valence-electron chi connectivity index (χ0n) is 28.2. The number of anilines is 1. The Morgan fingerprint density at radius 3 is 1.83 bits per heavy atom. The monoisotopic (exact) mass is 675 g/mol. The van der Waals surface area contributed by atoms with Crippen LogP contribution in [0.4, 0.5) is 10.5 Å². The van der Waals surface area contributed by atoms with Gasteiger partial charge in [-0.05, 0) is 77.6 Å². The largest absolute Gasteiger partial charge is 0.480 e. The molecule has 2 atom stereocenters. The molecule has 1 saturated carbocycles. The summed E-state index contributed by atoms with van der Waals surface area (Å²) in [5.74, 6) is -0.538. The minimum Gasteiger partial charge on any atom is -0.480 e. The smallest absolute Gasteiger partial charge is 0.411 e. The van der Waals surface area contributed by atoms with Crippen LogP contribution in [0.2, 0.25) is 0 Å². The number of aliphatic carboxylic acids is 1. The molecule has 254 valence electrons. The molecule has 1 fully saturated rings. The first-order valence-electron chi connectivity index (χ1n) is 16.2. The first-order chi connectivity index (χ1) is 21.7. The molecule has 2 aromatic carbocycles. The predicted molar refractivity (Wildman–Crippen MR) is 186 cm³/mol. The van der Waals surface area contributed by atoms with E-state index in [9.17, 15) is 14.7 Å². The summed E-state index contributed by atoms with van der Waals surface area (Å²) in [7, 11) is 0. The predicted octanol–water partition coefficient (Wildman–Crippen LogP) is 7.38. The normalized spacial score (nSPS) is 15.2. The van der Waals surface area contributed by atoms with E-state index < -0.39 is 35.3 Å². The fraction of sp³-hybridized carbons (Fsp3) is 0.583. The van der Waals surface area contributed by atoms with E-state index in [1.807, 2.05) is 75.4 Å². The van der Waals surface area contributed by atoms with Gasteiger partial charge in [-0.2, -0.15) is 0 Å². The van der Waals surface area contributed by atoms with Crippen LogP contribution in [0.3, 0.4) is 0 Å². The van der Waals surface area contributed by atoms with E-state index in [1.165, 1.54) is 4.90 Å². The van der Waals surface area contributed by atoms with Crippen LogP contribution in [0.15, 0.2) is 54.6 Å². The molecule has 0 radical (unpaired) electrons. The van der Waals surface area contributed by atoms with Gasteiger partial charge in [-0.25, -0.2) is 9.59 Å². The maximum atomic E-state index is 15.1. The third-order valence-corrected chi connectivity index (χ3v) is 8.55. The number of carboxylic acids is 1. The van der Waals surface area contributed by atoms with Crippen molar-refractivity contribution in [2.75, 3.05) is 29.7 Å². The molecule has 0 unspecified atom stereocenters. The van der Waals surface area contributed by atoms with E-state index in [4.69, 9.17) is 27.9 Å². The van der Waals surface area contributed by atoms with Crippen molar-refractivity contribution in [1.82, 2.24) is 9.80 Å². The number of halogens is 2. The number of ether oxygens (including phenoxy) is 1. The lowest BCUT2D eigenvalue weighted by Crippen LogP contribution is -2.63. The van der Waals surface area contributed by atoms with E-state index in [1.54, 1.807) is 25.7 Å². The Balaban J connectivity index is 2.12. The Morgan fingerprint density at radius 2 is 1.35 bits per heavy atom. The maximum Gasteiger partial charge on any atom is 0.411 e. The average molecular weight is 677 g/mol. The number of carbonyl (C=O) groups is 3. The van der Waals surface area contributed by atoms with Gasteiger partial charge in [-0.15, -0.1) is 23.2 Å². The molecule has 46 heavy (non-hydrogen) atoms. The second-order valence-corrected chi connectivity index (χ2v) is 14.8. The summed E-state index contributed by atoms with van der Waals surface area (Å²) in [6.45, 7) is 12.3. The molecule has 0 saturated heterocycles. The van der Waals surface area contributed by atoms with Crippen LogP contribution < -0.4 is 4.90 Å². The van der Waals surface area contributed by atoms with Crippen molar-refractivity contribution < 1.29 is 24.2 Å². The van der Waals surface area contributed by atoms with E-state index >= 15 is 4.79 Å². The van der Waals surface area contributed by atoms with Crippen molar-refractivity contribution in [3.05, 3.63) is 65.7 Å². The van der Waals surface area contributed by atoms with Crippen LogP contribution in [-0.4, -0.2) is 87.0 Å². The molecule has 8 nitrogen and oxygen atoms in total. The highest BCUT2D eigenvalue weighted by Crippen LogP contribution is 2.31. The molecule has 3 rings (SSSR count). The third-order valence-electron chi connectivity index (χ3n) is 8.21. The molecule has 0 heterocycles. The third kappa shape index (κ3) is 10.5. The summed E-state index contributed by atoms with van der Waals surface area (Å²) in [6.07, 6.45) is 2.98. The number of rotatable bonds is 14. The molecular weight excluding hydrogens is 625 g/mol. The number of amides is 2. The molecule has 0 bridgehead atoms. The van der Waals surface area contributed by atoms with E-state index in [-0.39, 0.29) is 24.8 Å². The highest BCUT2D eigenvalue weighted by Gasteiger charge is 2.46.